The van der Waals surface area contributed by atoms with Crippen molar-refractivity contribution in [2.75, 3.05) is 32.1 Å². The Labute approximate surface area is 145 Å². The maximum Gasteiger partial charge on any atom is 0.261 e. The minimum Gasteiger partial charge on any atom is -0.346 e. The zero-order chi connectivity index (χ0) is 17.8. The van der Waals surface area contributed by atoms with Crippen LogP contribution in [0, 0.1) is 5.82 Å². The maximum atomic E-state index is 13.0. The van der Waals surface area contributed by atoms with Gasteiger partial charge in [-0.25, -0.2) is 4.39 Å². The first kappa shape index (κ1) is 17.2. The fourth-order valence-electron chi connectivity index (χ4n) is 3.05. The van der Waals surface area contributed by atoms with Gasteiger partial charge in [0, 0.05) is 25.2 Å². The van der Waals surface area contributed by atoms with Crippen molar-refractivity contribution in [1.82, 2.24) is 20.3 Å². The van der Waals surface area contributed by atoms with Crippen molar-refractivity contribution >= 4 is 17.0 Å². The number of anilines is 1. The van der Waals surface area contributed by atoms with Crippen molar-refractivity contribution in [2.45, 2.75) is 12.3 Å². The summed E-state index contributed by atoms with van der Waals surface area (Å²) in [7, 11) is 3.75. The molecule has 0 bridgehead atoms. The minimum absolute atomic E-state index is 0.133. The number of hydrogen-bond acceptors (Lipinski definition) is 4. The summed E-state index contributed by atoms with van der Waals surface area (Å²) in [5.74, 6) is 0.691. The Morgan fingerprint density at radius 1 is 1.24 bits per heavy atom. The molecule has 0 amide bonds. The van der Waals surface area contributed by atoms with Crippen molar-refractivity contribution in [2.24, 2.45) is 0 Å². The topological polar surface area (TPSA) is 76.8 Å². The highest BCUT2D eigenvalue weighted by Crippen LogP contribution is 2.29. The van der Waals surface area contributed by atoms with Gasteiger partial charge in [-0.2, -0.15) is 4.98 Å². The van der Waals surface area contributed by atoms with Gasteiger partial charge in [0.2, 0.25) is 5.95 Å². The van der Waals surface area contributed by atoms with Crippen LogP contribution in [0.4, 0.5) is 10.3 Å². The molecule has 1 saturated heterocycles. The van der Waals surface area contributed by atoms with Gasteiger partial charge in [-0.15, -0.1) is 0 Å². The summed E-state index contributed by atoms with van der Waals surface area (Å²) in [6.45, 7) is 1.58. The van der Waals surface area contributed by atoms with Gasteiger partial charge in [-0.3, -0.25) is 9.78 Å². The number of fused-ring (bicyclic) bond motifs is 1. The van der Waals surface area contributed by atoms with Crippen molar-refractivity contribution < 1.29 is 4.39 Å². The van der Waals surface area contributed by atoms with E-state index in [9.17, 15) is 9.18 Å². The number of rotatable bonds is 2. The number of aromatic nitrogens is 3. The van der Waals surface area contributed by atoms with E-state index in [-0.39, 0.29) is 11.4 Å². The molecular formula is C18H22FN5O. The lowest BCUT2D eigenvalue weighted by atomic mass is 9.99. The van der Waals surface area contributed by atoms with Gasteiger partial charge in [-0.05, 0) is 44.3 Å². The smallest absolute Gasteiger partial charge is 0.261 e. The average Bonchev–Trinajstić information content (AvgIpc) is 3.25. The summed E-state index contributed by atoms with van der Waals surface area (Å²) < 4.78 is 13.0. The Bertz CT molecular complexity index is 886. The van der Waals surface area contributed by atoms with Crippen molar-refractivity contribution in [1.29, 1.82) is 0 Å². The van der Waals surface area contributed by atoms with Gasteiger partial charge in [0.05, 0.1) is 5.39 Å². The van der Waals surface area contributed by atoms with Crippen LogP contribution < -0.4 is 15.8 Å². The summed E-state index contributed by atoms with van der Waals surface area (Å²) in [6, 6.07) is 8.35. The van der Waals surface area contributed by atoms with E-state index in [1.54, 1.807) is 12.3 Å². The first-order chi connectivity index (χ1) is 12.1. The highest BCUT2D eigenvalue weighted by atomic mass is 19.1. The molecule has 1 aromatic carbocycles. The monoisotopic (exact) mass is 343 g/mol. The number of aromatic amines is 2. The van der Waals surface area contributed by atoms with Crippen molar-refractivity contribution in [3.05, 3.63) is 58.3 Å². The second kappa shape index (κ2) is 7.48. The molecule has 1 aliphatic rings. The van der Waals surface area contributed by atoms with Crippen LogP contribution in [0.2, 0.25) is 0 Å². The van der Waals surface area contributed by atoms with E-state index in [1.807, 2.05) is 26.2 Å². The van der Waals surface area contributed by atoms with Crippen LogP contribution in [0.1, 0.15) is 17.9 Å². The van der Waals surface area contributed by atoms with E-state index < -0.39 is 0 Å². The molecule has 3 N–H and O–H groups in total. The van der Waals surface area contributed by atoms with Crippen molar-refractivity contribution in [3.63, 3.8) is 0 Å². The Hall–Kier alpha value is -2.67. The van der Waals surface area contributed by atoms with Gasteiger partial charge in [0.25, 0.3) is 5.56 Å². The van der Waals surface area contributed by atoms with Gasteiger partial charge < -0.3 is 15.2 Å². The average molecular weight is 343 g/mol. The Kier molecular flexibility index (Phi) is 5.14. The zero-order valence-electron chi connectivity index (χ0n) is 14.3. The first-order valence-electron chi connectivity index (χ1n) is 8.28. The molecule has 4 rings (SSSR count). The van der Waals surface area contributed by atoms with Crippen molar-refractivity contribution in [3.8, 4) is 0 Å². The summed E-state index contributed by atoms with van der Waals surface area (Å²) in [4.78, 5) is 24.4. The molecular weight excluding hydrogens is 321 g/mol. The second-order valence-electron chi connectivity index (χ2n) is 6.11. The Morgan fingerprint density at radius 2 is 1.96 bits per heavy atom. The summed E-state index contributed by atoms with van der Waals surface area (Å²) in [5, 5.41) is 3.32. The van der Waals surface area contributed by atoms with Gasteiger partial charge in [-0.1, -0.05) is 12.1 Å². The molecule has 3 heterocycles. The predicted molar refractivity (Wildman–Crippen MR) is 97.7 cm³/mol. The standard InChI is InChI=1S/C16H15FN4O.C2H7N/c17-12-3-1-10(2-4-12)11-6-8-21(9-11)16-19-14-13(5-7-18-14)15(22)20-16;1-3-2/h1-5,7,11H,6,8-9H2,(H2,18,19,20,22);3H,1-2H3. The third-order valence-corrected chi connectivity index (χ3v) is 4.24. The molecule has 3 aromatic rings. The molecule has 1 aliphatic heterocycles. The van der Waals surface area contributed by atoms with Gasteiger partial charge >= 0.3 is 0 Å². The maximum absolute atomic E-state index is 13.0. The molecule has 0 radical (unpaired) electrons. The van der Waals surface area contributed by atoms with E-state index in [0.717, 1.165) is 25.1 Å². The van der Waals surface area contributed by atoms with Crippen LogP contribution in [-0.2, 0) is 0 Å². The molecule has 2 aromatic heterocycles. The molecule has 132 valence electrons. The van der Waals surface area contributed by atoms with Gasteiger partial charge in [0.15, 0.2) is 0 Å². The Morgan fingerprint density at radius 3 is 2.68 bits per heavy atom. The third-order valence-electron chi connectivity index (χ3n) is 4.24. The number of H-pyrrole nitrogens is 2. The molecule has 7 heteroatoms. The number of hydrogen-bond donors (Lipinski definition) is 3. The van der Waals surface area contributed by atoms with Crippen LogP contribution in [0.15, 0.2) is 41.3 Å². The lowest BCUT2D eigenvalue weighted by Crippen LogP contribution is -2.24. The van der Waals surface area contributed by atoms with E-state index >= 15 is 0 Å². The quantitative estimate of drug-likeness (QED) is 0.667. The summed E-state index contributed by atoms with van der Waals surface area (Å²) in [6.07, 6.45) is 2.67. The second-order valence-corrected chi connectivity index (χ2v) is 6.11. The lowest BCUT2D eigenvalue weighted by Gasteiger charge is -2.17. The van der Waals surface area contributed by atoms with E-state index in [0.29, 0.717) is 22.9 Å². The number of benzene rings is 1. The van der Waals surface area contributed by atoms with E-state index in [4.69, 9.17) is 0 Å². The highest BCUT2D eigenvalue weighted by molar-refractivity contribution is 5.75. The van der Waals surface area contributed by atoms with Crippen LogP contribution in [0.3, 0.4) is 0 Å². The summed E-state index contributed by atoms with van der Waals surface area (Å²) >= 11 is 0. The molecule has 0 spiro atoms. The lowest BCUT2D eigenvalue weighted by molar-refractivity contribution is 0.625. The molecule has 6 nitrogen and oxygen atoms in total. The molecule has 25 heavy (non-hydrogen) atoms. The third kappa shape index (κ3) is 3.71. The predicted octanol–water partition coefficient (Wildman–Crippen LogP) is 2.22. The zero-order valence-corrected chi connectivity index (χ0v) is 14.3. The fraction of sp³-hybridized carbons (Fsp3) is 0.333. The fourth-order valence-corrected chi connectivity index (χ4v) is 3.05. The first-order valence-corrected chi connectivity index (χ1v) is 8.28. The van der Waals surface area contributed by atoms with Crippen LogP contribution in [0.5, 0.6) is 0 Å². The number of nitrogens with zero attached hydrogens (tertiary/aromatic N) is 2. The van der Waals surface area contributed by atoms with E-state index in [2.05, 4.69) is 25.2 Å². The van der Waals surface area contributed by atoms with Crippen LogP contribution >= 0.6 is 0 Å². The van der Waals surface area contributed by atoms with Gasteiger partial charge in [0.1, 0.15) is 11.5 Å². The molecule has 0 saturated carbocycles. The highest BCUT2D eigenvalue weighted by Gasteiger charge is 2.25. The molecule has 1 fully saturated rings. The Balaban J connectivity index is 0.000000569. The molecule has 0 aliphatic carbocycles. The number of halogens is 1. The van der Waals surface area contributed by atoms with Crippen LogP contribution in [-0.4, -0.2) is 42.1 Å². The minimum atomic E-state index is -0.221. The SMILES string of the molecule is CNC.O=c1[nH]c(N2CCC(c3ccc(F)cc3)C2)nc2[nH]ccc12. The summed E-state index contributed by atoms with van der Waals surface area (Å²) in [5.41, 5.74) is 1.59. The normalized spacial score (nSPS) is 16.8. The molecule has 1 unspecified atom stereocenters. The van der Waals surface area contributed by atoms with E-state index in [1.165, 1.54) is 12.1 Å². The number of nitrogens with one attached hydrogen (secondary N) is 3. The molecule has 1 atom stereocenters. The van der Waals surface area contributed by atoms with Crippen LogP contribution in [0.25, 0.3) is 11.0 Å². The largest absolute Gasteiger partial charge is 0.346 e.